The van der Waals surface area contributed by atoms with Gasteiger partial charge >= 0.3 is 0 Å². The molecule has 2 rings (SSSR count). The van der Waals surface area contributed by atoms with Crippen molar-refractivity contribution in [3.05, 3.63) is 0 Å². The predicted molar refractivity (Wildman–Crippen MR) is 60.0 cm³/mol. The smallest absolute Gasteiger partial charge is 0.104 e. The molecule has 0 atom stereocenters. The standard InChI is InChI=1S/C12H23NO2/c1-2-4-11(5-3-1)8-13-6-7-15-12-9-14-10-12/h11-13H,1-10H2. The SMILES string of the molecule is C1CCC(CNCCOC2COC2)CC1. The normalized spacial score (nSPS) is 24.0. The molecule has 15 heavy (non-hydrogen) atoms. The van der Waals surface area contributed by atoms with E-state index in [4.69, 9.17) is 9.47 Å². The van der Waals surface area contributed by atoms with Crippen molar-refractivity contribution in [3.63, 3.8) is 0 Å². The first-order valence-corrected chi connectivity index (χ1v) is 6.35. The summed E-state index contributed by atoms with van der Waals surface area (Å²) in [6.45, 7) is 4.60. The largest absolute Gasteiger partial charge is 0.376 e. The van der Waals surface area contributed by atoms with Gasteiger partial charge in [0.2, 0.25) is 0 Å². The molecule has 1 aliphatic heterocycles. The molecule has 2 aliphatic rings. The third kappa shape index (κ3) is 4.09. The highest BCUT2D eigenvalue weighted by molar-refractivity contribution is 4.68. The van der Waals surface area contributed by atoms with Gasteiger partial charge in [-0.2, -0.15) is 0 Å². The minimum Gasteiger partial charge on any atom is -0.376 e. The van der Waals surface area contributed by atoms with Crippen LogP contribution in [0.25, 0.3) is 0 Å². The molecule has 0 spiro atoms. The Bertz CT molecular complexity index is 165. The van der Waals surface area contributed by atoms with Crippen molar-refractivity contribution in [2.75, 3.05) is 32.9 Å². The van der Waals surface area contributed by atoms with Crippen LogP contribution in [0.2, 0.25) is 0 Å². The van der Waals surface area contributed by atoms with E-state index >= 15 is 0 Å². The maximum atomic E-state index is 5.58. The van der Waals surface area contributed by atoms with Crippen molar-refractivity contribution in [2.45, 2.75) is 38.2 Å². The summed E-state index contributed by atoms with van der Waals surface area (Å²) in [7, 11) is 0. The quantitative estimate of drug-likeness (QED) is 0.679. The highest BCUT2D eigenvalue weighted by Gasteiger charge is 2.18. The van der Waals surface area contributed by atoms with Crippen LogP contribution in [0, 0.1) is 5.92 Å². The summed E-state index contributed by atoms with van der Waals surface area (Å²) < 4.78 is 10.6. The molecule has 0 radical (unpaired) electrons. The number of hydrogen-bond donors (Lipinski definition) is 1. The van der Waals surface area contributed by atoms with Gasteiger partial charge in [0.25, 0.3) is 0 Å². The molecule has 3 nitrogen and oxygen atoms in total. The minimum absolute atomic E-state index is 0.376. The Morgan fingerprint density at radius 2 is 1.93 bits per heavy atom. The van der Waals surface area contributed by atoms with Gasteiger partial charge in [0, 0.05) is 6.54 Å². The Morgan fingerprint density at radius 3 is 2.60 bits per heavy atom. The fourth-order valence-electron chi connectivity index (χ4n) is 2.31. The summed E-state index contributed by atoms with van der Waals surface area (Å²) in [4.78, 5) is 0. The molecule has 88 valence electrons. The Hall–Kier alpha value is -0.120. The molecule has 1 aliphatic carbocycles. The van der Waals surface area contributed by atoms with Crippen molar-refractivity contribution in [2.24, 2.45) is 5.92 Å². The van der Waals surface area contributed by atoms with E-state index < -0.39 is 0 Å². The van der Waals surface area contributed by atoms with E-state index in [-0.39, 0.29) is 0 Å². The molecule has 0 unspecified atom stereocenters. The van der Waals surface area contributed by atoms with Gasteiger partial charge in [-0.25, -0.2) is 0 Å². The lowest BCUT2D eigenvalue weighted by Crippen LogP contribution is -2.38. The summed E-state index contributed by atoms with van der Waals surface area (Å²) in [5.41, 5.74) is 0. The summed E-state index contributed by atoms with van der Waals surface area (Å²) >= 11 is 0. The molecule has 1 N–H and O–H groups in total. The van der Waals surface area contributed by atoms with Crippen molar-refractivity contribution in [3.8, 4) is 0 Å². The first kappa shape index (κ1) is 11.4. The van der Waals surface area contributed by atoms with Gasteiger partial charge < -0.3 is 14.8 Å². The van der Waals surface area contributed by atoms with E-state index in [0.717, 1.165) is 32.3 Å². The maximum Gasteiger partial charge on any atom is 0.104 e. The lowest BCUT2D eigenvalue weighted by atomic mass is 9.89. The second kappa shape index (κ2) is 6.46. The average molecular weight is 213 g/mol. The molecule has 1 saturated carbocycles. The molecule has 0 aromatic carbocycles. The molecule has 0 aromatic rings. The molecule has 0 amide bonds. The minimum atomic E-state index is 0.376. The fraction of sp³-hybridized carbons (Fsp3) is 1.00. The lowest BCUT2D eigenvalue weighted by Gasteiger charge is -2.26. The van der Waals surface area contributed by atoms with Crippen LogP contribution in [0.3, 0.4) is 0 Å². The molecule has 1 saturated heterocycles. The fourth-order valence-corrected chi connectivity index (χ4v) is 2.31. The van der Waals surface area contributed by atoms with Crippen molar-refractivity contribution in [1.29, 1.82) is 0 Å². The van der Waals surface area contributed by atoms with Gasteiger partial charge in [-0.15, -0.1) is 0 Å². The summed E-state index contributed by atoms with van der Waals surface area (Å²) in [6.07, 6.45) is 7.53. The van der Waals surface area contributed by atoms with Crippen LogP contribution in [0.5, 0.6) is 0 Å². The lowest BCUT2D eigenvalue weighted by molar-refractivity contribution is -0.128. The van der Waals surface area contributed by atoms with E-state index in [1.54, 1.807) is 0 Å². The van der Waals surface area contributed by atoms with E-state index in [0.29, 0.717) is 6.10 Å². The molecular weight excluding hydrogens is 190 g/mol. The van der Waals surface area contributed by atoms with Crippen LogP contribution in [-0.4, -0.2) is 39.0 Å². The molecule has 2 fully saturated rings. The van der Waals surface area contributed by atoms with E-state index in [1.165, 1.54) is 38.6 Å². The third-order valence-corrected chi connectivity index (χ3v) is 3.40. The molecule has 0 aromatic heterocycles. The molecular formula is C12H23NO2. The van der Waals surface area contributed by atoms with Crippen LogP contribution in [0.15, 0.2) is 0 Å². The zero-order chi connectivity index (χ0) is 10.3. The van der Waals surface area contributed by atoms with Crippen LogP contribution in [-0.2, 0) is 9.47 Å². The van der Waals surface area contributed by atoms with Crippen LogP contribution in [0.4, 0.5) is 0 Å². The molecule has 0 bridgehead atoms. The predicted octanol–water partition coefficient (Wildman–Crippen LogP) is 1.57. The van der Waals surface area contributed by atoms with Gasteiger partial charge in [-0.05, 0) is 25.3 Å². The average Bonchev–Trinajstić information content (AvgIpc) is 2.22. The highest BCUT2D eigenvalue weighted by atomic mass is 16.6. The van der Waals surface area contributed by atoms with Crippen molar-refractivity contribution in [1.82, 2.24) is 5.32 Å². The van der Waals surface area contributed by atoms with Crippen molar-refractivity contribution >= 4 is 0 Å². The summed E-state index contributed by atoms with van der Waals surface area (Å²) in [5, 5.41) is 3.49. The second-order valence-corrected chi connectivity index (χ2v) is 4.74. The monoisotopic (exact) mass is 213 g/mol. The van der Waals surface area contributed by atoms with E-state index in [2.05, 4.69) is 5.32 Å². The first-order chi connectivity index (χ1) is 7.45. The van der Waals surface area contributed by atoms with Crippen LogP contribution < -0.4 is 5.32 Å². The molecule has 3 heteroatoms. The van der Waals surface area contributed by atoms with Gasteiger partial charge in [-0.3, -0.25) is 0 Å². The third-order valence-electron chi connectivity index (χ3n) is 3.40. The van der Waals surface area contributed by atoms with E-state index in [9.17, 15) is 0 Å². The topological polar surface area (TPSA) is 30.5 Å². The van der Waals surface area contributed by atoms with Gasteiger partial charge in [-0.1, -0.05) is 19.3 Å². The second-order valence-electron chi connectivity index (χ2n) is 4.74. The van der Waals surface area contributed by atoms with Gasteiger partial charge in [0.05, 0.1) is 19.8 Å². The van der Waals surface area contributed by atoms with Crippen LogP contribution in [0.1, 0.15) is 32.1 Å². The zero-order valence-electron chi connectivity index (χ0n) is 9.54. The van der Waals surface area contributed by atoms with Gasteiger partial charge in [0.15, 0.2) is 0 Å². The molecule has 1 heterocycles. The maximum absolute atomic E-state index is 5.58. The number of hydrogen-bond acceptors (Lipinski definition) is 3. The number of rotatable bonds is 6. The zero-order valence-corrected chi connectivity index (χ0v) is 9.54. The van der Waals surface area contributed by atoms with Gasteiger partial charge in [0.1, 0.15) is 6.10 Å². The Labute approximate surface area is 92.5 Å². The van der Waals surface area contributed by atoms with Crippen molar-refractivity contribution < 1.29 is 9.47 Å². The Balaban J connectivity index is 1.40. The number of nitrogens with one attached hydrogen (secondary N) is 1. The van der Waals surface area contributed by atoms with E-state index in [1.807, 2.05) is 0 Å². The number of ether oxygens (including phenoxy) is 2. The van der Waals surface area contributed by atoms with Crippen LogP contribution >= 0.6 is 0 Å². The Morgan fingerprint density at radius 1 is 1.13 bits per heavy atom. The Kier molecular flexibility index (Phi) is 4.90. The summed E-state index contributed by atoms with van der Waals surface area (Å²) in [6, 6.07) is 0. The summed E-state index contributed by atoms with van der Waals surface area (Å²) in [5.74, 6) is 0.922. The first-order valence-electron chi connectivity index (χ1n) is 6.35. The highest BCUT2D eigenvalue weighted by Crippen LogP contribution is 2.22.